The van der Waals surface area contributed by atoms with Gasteiger partial charge in [-0.15, -0.1) is 0 Å². The maximum Gasteiger partial charge on any atom is 0.433 e. The number of benzene rings is 2. The summed E-state index contributed by atoms with van der Waals surface area (Å²) in [7, 11) is 1.44. The minimum absolute atomic E-state index is 0.0738. The van der Waals surface area contributed by atoms with Crippen molar-refractivity contribution in [3.05, 3.63) is 83.4 Å². The van der Waals surface area contributed by atoms with E-state index in [1.54, 1.807) is 12.1 Å². The number of aromatic nitrogens is 3. The molecule has 0 bridgehead atoms. The summed E-state index contributed by atoms with van der Waals surface area (Å²) in [6, 6.07) is 12.0. The van der Waals surface area contributed by atoms with Crippen molar-refractivity contribution in [2.45, 2.75) is 12.7 Å². The second kappa shape index (κ2) is 9.64. The first-order valence-corrected chi connectivity index (χ1v) is 10.4. The van der Waals surface area contributed by atoms with Crippen LogP contribution in [-0.2, 0) is 17.5 Å². The zero-order valence-electron chi connectivity index (χ0n) is 18.7. The lowest BCUT2D eigenvalue weighted by atomic mass is 10.1. The fraction of sp³-hybridized carbons (Fsp3) is 0.167. The van der Waals surface area contributed by atoms with Crippen LogP contribution in [0.1, 0.15) is 21.6 Å². The third-order valence-electron chi connectivity index (χ3n) is 5.28. The van der Waals surface area contributed by atoms with Crippen LogP contribution in [0.5, 0.6) is 5.75 Å². The van der Waals surface area contributed by atoms with Gasteiger partial charge >= 0.3 is 12.1 Å². The molecule has 0 atom stereocenters. The molecule has 0 saturated carbocycles. The number of carbonyl (C=O) groups is 2. The number of rotatable bonds is 7. The molecule has 0 aliphatic heterocycles. The largest absolute Gasteiger partial charge is 0.497 e. The van der Waals surface area contributed by atoms with Crippen LogP contribution < -0.4 is 4.74 Å². The summed E-state index contributed by atoms with van der Waals surface area (Å²) in [6.07, 6.45) is -3.92. The standard InChI is InChI=1S/C24H18F4N4O4/c1-36-17-8-4-15(5-9-17)19-10-20(24(26,27)28)32-22(30-19)18(11-29-32)23(35)31(13-21(33)34)12-14-2-6-16(25)7-3-14/h2-11H,12-13H2,1H3,(H,33,34). The van der Waals surface area contributed by atoms with E-state index >= 15 is 0 Å². The number of amides is 1. The van der Waals surface area contributed by atoms with E-state index in [4.69, 9.17) is 4.74 Å². The molecule has 0 saturated heterocycles. The Kier molecular flexibility index (Phi) is 6.60. The molecule has 0 radical (unpaired) electrons. The van der Waals surface area contributed by atoms with Crippen molar-refractivity contribution in [3.8, 4) is 17.0 Å². The van der Waals surface area contributed by atoms with Crippen LogP contribution in [0.3, 0.4) is 0 Å². The molecule has 0 unspecified atom stereocenters. The van der Waals surface area contributed by atoms with Crippen LogP contribution in [0.4, 0.5) is 17.6 Å². The quantitative estimate of drug-likeness (QED) is 0.379. The van der Waals surface area contributed by atoms with Gasteiger partial charge in [-0.05, 0) is 48.0 Å². The van der Waals surface area contributed by atoms with E-state index in [2.05, 4.69) is 10.1 Å². The van der Waals surface area contributed by atoms with Gasteiger partial charge < -0.3 is 14.7 Å². The number of nitrogens with zero attached hydrogens (tertiary/aromatic N) is 4. The average Bonchev–Trinajstić information content (AvgIpc) is 3.27. The number of hydrogen-bond donors (Lipinski definition) is 1. The highest BCUT2D eigenvalue weighted by molar-refractivity contribution is 6.01. The van der Waals surface area contributed by atoms with Crippen LogP contribution in [0, 0.1) is 5.82 Å². The lowest BCUT2D eigenvalue weighted by Crippen LogP contribution is -2.35. The number of carboxylic acids is 1. The van der Waals surface area contributed by atoms with Crippen molar-refractivity contribution >= 4 is 17.5 Å². The summed E-state index contributed by atoms with van der Waals surface area (Å²) in [6.45, 7) is -0.981. The predicted octanol–water partition coefficient (Wildman–Crippen LogP) is 4.29. The molecule has 1 N–H and O–H groups in total. The van der Waals surface area contributed by atoms with E-state index in [9.17, 15) is 32.3 Å². The number of aliphatic carboxylic acids is 1. The van der Waals surface area contributed by atoms with Gasteiger partial charge in [-0.2, -0.15) is 18.3 Å². The molecule has 2 heterocycles. The predicted molar refractivity (Wildman–Crippen MR) is 119 cm³/mol. The minimum atomic E-state index is -4.83. The molecule has 186 valence electrons. The van der Waals surface area contributed by atoms with Crippen molar-refractivity contribution in [1.29, 1.82) is 0 Å². The van der Waals surface area contributed by atoms with Gasteiger partial charge in [0, 0.05) is 12.1 Å². The summed E-state index contributed by atoms with van der Waals surface area (Å²) in [4.78, 5) is 29.9. The Balaban J connectivity index is 1.82. The first-order chi connectivity index (χ1) is 17.1. The molecule has 8 nitrogen and oxygen atoms in total. The Labute approximate surface area is 201 Å². The molecular weight excluding hydrogens is 484 g/mol. The minimum Gasteiger partial charge on any atom is -0.497 e. The Morgan fingerprint density at radius 1 is 1.08 bits per heavy atom. The monoisotopic (exact) mass is 502 g/mol. The summed E-state index contributed by atoms with van der Waals surface area (Å²) in [5.74, 6) is -2.28. The number of halogens is 4. The molecule has 2 aromatic carbocycles. The normalized spacial score (nSPS) is 11.5. The first kappa shape index (κ1) is 24.6. The highest BCUT2D eigenvalue weighted by Crippen LogP contribution is 2.33. The van der Waals surface area contributed by atoms with E-state index < -0.39 is 41.8 Å². The summed E-state index contributed by atoms with van der Waals surface area (Å²) >= 11 is 0. The second-order valence-electron chi connectivity index (χ2n) is 7.73. The van der Waals surface area contributed by atoms with Gasteiger partial charge in [0.2, 0.25) is 0 Å². The van der Waals surface area contributed by atoms with E-state index in [1.165, 1.54) is 31.4 Å². The van der Waals surface area contributed by atoms with Crippen LogP contribution in [0.2, 0.25) is 0 Å². The number of ether oxygens (including phenoxy) is 1. The average molecular weight is 502 g/mol. The van der Waals surface area contributed by atoms with Crippen molar-refractivity contribution in [2.75, 3.05) is 13.7 Å². The third kappa shape index (κ3) is 5.11. The van der Waals surface area contributed by atoms with Gasteiger partial charge in [0.1, 0.15) is 23.7 Å². The van der Waals surface area contributed by atoms with Gasteiger partial charge in [-0.25, -0.2) is 13.9 Å². The van der Waals surface area contributed by atoms with Crippen molar-refractivity contribution < 1.29 is 37.0 Å². The van der Waals surface area contributed by atoms with E-state index in [-0.39, 0.29) is 17.8 Å². The fourth-order valence-corrected chi connectivity index (χ4v) is 3.57. The number of alkyl halides is 3. The number of methoxy groups -OCH3 is 1. The summed E-state index contributed by atoms with van der Waals surface area (Å²) in [5, 5.41) is 13.0. The summed E-state index contributed by atoms with van der Waals surface area (Å²) in [5.41, 5.74) is -1.20. The molecule has 2 aromatic heterocycles. The summed E-state index contributed by atoms with van der Waals surface area (Å²) < 4.78 is 60.5. The maximum atomic E-state index is 13.9. The van der Waals surface area contributed by atoms with Gasteiger partial charge in [-0.3, -0.25) is 9.59 Å². The second-order valence-corrected chi connectivity index (χ2v) is 7.73. The molecule has 0 fully saturated rings. The number of hydrogen-bond acceptors (Lipinski definition) is 5. The molecule has 1 amide bonds. The van der Waals surface area contributed by atoms with E-state index in [1.807, 2.05) is 0 Å². The van der Waals surface area contributed by atoms with Crippen LogP contribution >= 0.6 is 0 Å². The Hall–Kier alpha value is -4.48. The number of carboxylic acid groups (broad SMARTS) is 1. The van der Waals surface area contributed by atoms with E-state index in [0.29, 0.717) is 21.4 Å². The SMILES string of the molecule is COc1ccc(-c2cc(C(F)(F)F)n3ncc(C(=O)N(CC(=O)O)Cc4ccc(F)cc4)c3n2)cc1. The number of carbonyl (C=O) groups excluding carboxylic acids is 1. The molecule has 0 spiro atoms. The van der Waals surface area contributed by atoms with Crippen molar-refractivity contribution in [2.24, 2.45) is 0 Å². The van der Waals surface area contributed by atoms with E-state index in [0.717, 1.165) is 29.3 Å². The first-order valence-electron chi connectivity index (χ1n) is 10.4. The fourth-order valence-electron chi connectivity index (χ4n) is 3.57. The van der Waals surface area contributed by atoms with Gasteiger partial charge in [0.25, 0.3) is 5.91 Å². The van der Waals surface area contributed by atoms with Crippen molar-refractivity contribution in [3.63, 3.8) is 0 Å². The Morgan fingerprint density at radius 3 is 2.33 bits per heavy atom. The van der Waals surface area contributed by atoms with Crippen molar-refractivity contribution in [1.82, 2.24) is 19.5 Å². The Morgan fingerprint density at radius 2 is 1.75 bits per heavy atom. The molecule has 4 aromatic rings. The lowest BCUT2D eigenvalue weighted by molar-refractivity contribution is -0.142. The smallest absolute Gasteiger partial charge is 0.433 e. The van der Waals surface area contributed by atoms with Crippen LogP contribution in [0.15, 0.2) is 60.8 Å². The molecule has 12 heteroatoms. The zero-order valence-corrected chi connectivity index (χ0v) is 18.7. The van der Waals surface area contributed by atoms with Crippen LogP contribution in [0.25, 0.3) is 16.9 Å². The molecule has 36 heavy (non-hydrogen) atoms. The topological polar surface area (TPSA) is 97.0 Å². The van der Waals surface area contributed by atoms with Gasteiger partial charge in [-0.1, -0.05) is 12.1 Å². The maximum absolute atomic E-state index is 13.9. The van der Waals surface area contributed by atoms with Crippen LogP contribution in [-0.4, -0.2) is 50.1 Å². The highest BCUT2D eigenvalue weighted by atomic mass is 19.4. The molecule has 0 aliphatic rings. The highest BCUT2D eigenvalue weighted by Gasteiger charge is 2.36. The molecule has 0 aliphatic carbocycles. The lowest BCUT2D eigenvalue weighted by Gasteiger charge is -2.20. The van der Waals surface area contributed by atoms with Gasteiger partial charge in [0.05, 0.1) is 19.0 Å². The Bertz CT molecular complexity index is 1420. The third-order valence-corrected chi connectivity index (χ3v) is 5.28. The molecular formula is C24H18F4N4O4. The number of fused-ring (bicyclic) bond motifs is 1. The zero-order chi connectivity index (χ0) is 26.0. The van der Waals surface area contributed by atoms with Gasteiger partial charge in [0.15, 0.2) is 11.3 Å². The molecule has 4 rings (SSSR count).